The van der Waals surface area contributed by atoms with Gasteiger partial charge in [0.15, 0.2) is 0 Å². The molecule has 0 spiro atoms. The van der Waals surface area contributed by atoms with Crippen LogP contribution in [0.4, 0.5) is 0 Å². The minimum Gasteiger partial charge on any atom is -0.369 e. The van der Waals surface area contributed by atoms with Crippen molar-refractivity contribution >= 4 is 48.9 Å². The van der Waals surface area contributed by atoms with Crippen molar-refractivity contribution in [3.63, 3.8) is 0 Å². The summed E-state index contributed by atoms with van der Waals surface area (Å²) >= 11 is 0. The first kappa shape index (κ1) is 11.4. The number of nitrogens with one attached hydrogen (secondary N) is 1. The molecule has 10 heavy (non-hydrogen) atoms. The van der Waals surface area contributed by atoms with E-state index >= 15 is 0 Å². The summed E-state index contributed by atoms with van der Waals surface area (Å²) in [5.74, 6) is 0. The maximum absolute atomic E-state index is 3.62. The van der Waals surface area contributed by atoms with Crippen LogP contribution in [0.2, 0.25) is 12.1 Å². The standard InChI is InChI=1S/C6H17NSi2.Na.H/c8-7-9-5-3-1-2-4-6-9;;/h7,9H,1-6H2,8H3;;. The number of rotatable bonds is 1. The van der Waals surface area contributed by atoms with Crippen molar-refractivity contribution < 1.29 is 0 Å². The molecule has 0 saturated carbocycles. The van der Waals surface area contributed by atoms with Crippen LogP contribution in [0.3, 0.4) is 0 Å². The van der Waals surface area contributed by atoms with Crippen LogP contribution in [0, 0.1) is 0 Å². The Kier molecular flexibility index (Phi) is 8.05. The van der Waals surface area contributed by atoms with Crippen LogP contribution >= 0.6 is 0 Å². The van der Waals surface area contributed by atoms with Gasteiger partial charge in [-0.05, 0) is 12.1 Å². The van der Waals surface area contributed by atoms with E-state index in [2.05, 4.69) is 4.65 Å². The van der Waals surface area contributed by atoms with E-state index in [4.69, 9.17) is 0 Å². The summed E-state index contributed by atoms with van der Waals surface area (Å²) in [6.07, 6.45) is 6.05. The van der Waals surface area contributed by atoms with E-state index in [0.717, 1.165) is 0 Å². The predicted molar refractivity (Wildman–Crippen MR) is 55.5 cm³/mol. The van der Waals surface area contributed by atoms with Crippen LogP contribution in [-0.4, -0.2) is 48.9 Å². The fourth-order valence-corrected chi connectivity index (χ4v) is 5.73. The number of hydrogen-bond acceptors (Lipinski definition) is 1. The summed E-state index contributed by atoms with van der Waals surface area (Å²) in [7, 11) is 0.901. The molecule has 1 heterocycles. The first-order valence-electron chi connectivity index (χ1n) is 4.11. The van der Waals surface area contributed by atoms with Crippen LogP contribution in [0.5, 0.6) is 0 Å². The minimum absolute atomic E-state index is 0. The van der Waals surface area contributed by atoms with Gasteiger partial charge in [0.2, 0.25) is 0 Å². The third-order valence-electron chi connectivity index (χ3n) is 2.26. The van der Waals surface area contributed by atoms with Gasteiger partial charge in [0.25, 0.3) is 0 Å². The normalized spacial score (nSPS) is 21.6. The molecule has 0 radical (unpaired) electrons. The quantitative estimate of drug-likeness (QED) is 0.541. The van der Waals surface area contributed by atoms with Crippen molar-refractivity contribution in [3.8, 4) is 0 Å². The average molecular weight is 183 g/mol. The molecule has 4 heteroatoms. The van der Waals surface area contributed by atoms with E-state index in [1.807, 2.05) is 0 Å². The largest absolute Gasteiger partial charge is 0.369 e. The molecule has 1 nitrogen and oxygen atoms in total. The minimum atomic E-state index is -0.339. The van der Waals surface area contributed by atoms with Crippen molar-refractivity contribution in [3.05, 3.63) is 0 Å². The van der Waals surface area contributed by atoms with Gasteiger partial charge in [-0.2, -0.15) is 0 Å². The molecule has 0 atom stereocenters. The molecule has 0 aromatic carbocycles. The number of hydrogen-bond donors (Lipinski definition) is 1. The van der Waals surface area contributed by atoms with Gasteiger partial charge < -0.3 is 4.65 Å². The second-order valence-corrected chi connectivity index (χ2v) is 7.84. The third-order valence-corrected chi connectivity index (χ3v) is 7.74. The SMILES string of the molecule is [NaH].[SiH3]N[SiH]1CCCCCC1. The summed E-state index contributed by atoms with van der Waals surface area (Å²) in [5.41, 5.74) is 0. The van der Waals surface area contributed by atoms with E-state index in [1.54, 1.807) is 12.1 Å². The van der Waals surface area contributed by atoms with Crippen LogP contribution in [-0.2, 0) is 0 Å². The first-order valence-corrected chi connectivity index (χ1v) is 7.32. The maximum Gasteiger partial charge on any atom is 0.101 e. The van der Waals surface area contributed by atoms with Crippen molar-refractivity contribution in [2.75, 3.05) is 0 Å². The smallest absolute Gasteiger partial charge is 0.101 e. The molecule has 0 aliphatic carbocycles. The monoisotopic (exact) mass is 183 g/mol. The molecule has 1 saturated heterocycles. The molecule has 1 aliphatic heterocycles. The molecule has 0 aromatic heterocycles. The molecular weight excluding hydrogens is 165 g/mol. The zero-order valence-corrected chi connectivity index (χ0v) is 9.47. The van der Waals surface area contributed by atoms with Gasteiger partial charge in [-0.25, -0.2) is 0 Å². The van der Waals surface area contributed by atoms with Crippen LogP contribution in [0.25, 0.3) is 0 Å². The molecule has 56 valence electrons. The summed E-state index contributed by atoms with van der Waals surface area (Å²) in [4.78, 5) is 0. The zero-order chi connectivity index (χ0) is 6.53. The van der Waals surface area contributed by atoms with Crippen LogP contribution < -0.4 is 4.65 Å². The van der Waals surface area contributed by atoms with Crippen LogP contribution in [0.15, 0.2) is 0 Å². The van der Waals surface area contributed by atoms with Crippen LogP contribution in [0.1, 0.15) is 25.7 Å². The van der Waals surface area contributed by atoms with Gasteiger partial charge >= 0.3 is 29.6 Å². The molecule has 0 bridgehead atoms. The van der Waals surface area contributed by atoms with Crippen molar-refractivity contribution in [1.82, 2.24) is 4.65 Å². The molecule has 0 unspecified atom stereocenters. The Morgan fingerprint density at radius 1 is 1.00 bits per heavy atom. The van der Waals surface area contributed by atoms with Gasteiger partial charge in [-0.1, -0.05) is 25.7 Å². The fourth-order valence-electron chi connectivity index (χ4n) is 1.57. The second kappa shape index (κ2) is 7.07. The Morgan fingerprint density at radius 2 is 1.50 bits per heavy atom. The molecule has 1 aliphatic rings. The zero-order valence-electron chi connectivity index (χ0n) is 6.32. The fraction of sp³-hybridized carbons (Fsp3) is 1.00. The molecule has 0 aromatic rings. The Hall–Kier alpha value is 1.39. The summed E-state index contributed by atoms with van der Waals surface area (Å²) < 4.78 is 3.62. The van der Waals surface area contributed by atoms with Crippen molar-refractivity contribution in [1.29, 1.82) is 0 Å². The summed E-state index contributed by atoms with van der Waals surface area (Å²) in [6.45, 7) is 0. The Labute approximate surface area is 90.8 Å². The third kappa shape index (κ3) is 4.31. The van der Waals surface area contributed by atoms with E-state index in [-0.39, 0.29) is 38.5 Å². The molecule has 0 amide bonds. The van der Waals surface area contributed by atoms with E-state index in [1.165, 1.54) is 36.1 Å². The Balaban J connectivity index is 0.000000810. The second-order valence-electron chi connectivity index (χ2n) is 2.98. The Bertz CT molecular complexity index is 74.1. The van der Waals surface area contributed by atoms with E-state index < -0.39 is 0 Å². The average Bonchev–Trinajstić information content (AvgIpc) is 2.13. The maximum atomic E-state index is 3.62. The van der Waals surface area contributed by atoms with Gasteiger partial charge in [-0.3, -0.25) is 0 Å². The molecule has 1 N–H and O–H groups in total. The molecular formula is C6H18NNaSi2. The van der Waals surface area contributed by atoms with Gasteiger partial charge in [0.05, 0.1) is 10.4 Å². The van der Waals surface area contributed by atoms with E-state index in [0.29, 0.717) is 0 Å². The van der Waals surface area contributed by atoms with Crippen molar-refractivity contribution in [2.24, 2.45) is 0 Å². The predicted octanol–water partition coefficient (Wildman–Crippen LogP) is -0.494. The Morgan fingerprint density at radius 3 is 1.90 bits per heavy atom. The summed E-state index contributed by atoms with van der Waals surface area (Å²) in [5, 5.41) is 0. The van der Waals surface area contributed by atoms with Gasteiger partial charge in [-0.15, -0.1) is 0 Å². The van der Waals surface area contributed by atoms with Gasteiger partial charge in [0, 0.05) is 0 Å². The van der Waals surface area contributed by atoms with E-state index in [9.17, 15) is 0 Å². The summed E-state index contributed by atoms with van der Waals surface area (Å²) in [6, 6.07) is 3.15. The molecule has 1 fully saturated rings. The van der Waals surface area contributed by atoms with Gasteiger partial charge in [0.1, 0.15) is 8.96 Å². The van der Waals surface area contributed by atoms with Crippen molar-refractivity contribution in [2.45, 2.75) is 37.8 Å². The molecule has 1 rings (SSSR count). The topological polar surface area (TPSA) is 12.0 Å². The first-order chi connectivity index (χ1) is 4.43.